The molecule has 0 spiro atoms. The zero-order chi connectivity index (χ0) is 16.2. The summed E-state index contributed by atoms with van der Waals surface area (Å²) >= 11 is 1.54. The number of nitrogens with one attached hydrogen (secondary N) is 1. The molecule has 0 unspecified atom stereocenters. The quantitative estimate of drug-likeness (QED) is 0.427. The number of aromatic nitrogens is 4. The third kappa shape index (κ3) is 3.70. The van der Waals surface area contributed by atoms with Crippen molar-refractivity contribution in [3.05, 3.63) is 69.2 Å². The predicted molar refractivity (Wildman–Crippen MR) is 87.4 cm³/mol. The summed E-state index contributed by atoms with van der Waals surface area (Å²) in [7, 11) is 0. The fraction of sp³-hybridized carbons (Fsp3) is 0.125. The van der Waals surface area contributed by atoms with E-state index >= 15 is 0 Å². The van der Waals surface area contributed by atoms with Crippen LogP contribution in [0.25, 0.3) is 5.76 Å². The third-order valence-corrected chi connectivity index (χ3v) is 4.22. The van der Waals surface area contributed by atoms with E-state index in [2.05, 4.69) is 51.8 Å². The molecule has 7 heteroatoms. The van der Waals surface area contributed by atoms with Gasteiger partial charge in [0.15, 0.2) is 0 Å². The number of aliphatic hydroxyl groups is 1. The first-order valence-corrected chi connectivity index (χ1v) is 7.81. The van der Waals surface area contributed by atoms with Gasteiger partial charge in [-0.2, -0.15) is 5.21 Å². The highest BCUT2D eigenvalue weighted by Crippen LogP contribution is 2.23. The molecular formula is C16H14N4O2S. The van der Waals surface area contributed by atoms with Crippen molar-refractivity contribution in [1.82, 2.24) is 20.6 Å². The maximum Gasteiger partial charge on any atom is 0.244 e. The summed E-state index contributed by atoms with van der Waals surface area (Å²) in [5.41, 5.74) is 3.03. The summed E-state index contributed by atoms with van der Waals surface area (Å²) in [5.74, 6) is -0.680. The molecule has 1 aromatic carbocycles. The van der Waals surface area contributed by atoms with Gasteiger partial charge in [0, 0.05) is 28.3 Å². The number of carbonyl (C=O) groups is 1. The number of carbonyl (C=O) groups excluding carboxylic acids is 1. The lowest BCUT2D eigenvalue weighted by Crippen LogP contribution is -1.99. The van der Waals surface area contributed by atoms with Crippen molar-refractivity contribution >= 4 is 22.9 Å². The second-order valence-electron chi connectivity index (χ2n) is 5.09. The first-order valence-electron chi connectivity index (χ1n) is 6.93. The molecule has 116 valence electrons. The Bertz CT molecular complexity index is 835. The number of benzene rings is 1. The Morgan fingerprint density at radius 1 is 1.35 bits per heavy atom. The van der Waals surface area contributed by atoms with Crippen molar-refractivity contribution in [3.63, 3.8) is 0 Å². The van der Waals surface area contributed by atoms with Gasteiger partial charge in [-0.05, 0) is 23.8 Å². The topological polar surface area (TPSA) is 91.8 Å². The number of H-pyrrole nitrogens is 1. The lowest BCUT2D eigenvalue weighted by molar-refractivity contribution is 0.103. The molecule has 2 aromatic heterocycles. The molecule has 0 radical (unpaired) electrons. The molecule has 0 saturated carbocycles. The minimum Gasteiger partial charge on any atom is -0.507 e. The van der Waals surface area contributed by atoms with Crippen LogP contribution in [0.15, 0.2) is 41.8 Å². The van der Waals surface area contributed by atoms with Crippen molar-refractivity contribution in [2.45, 2.75) is 13.3 Å². The van der Waals surface area contributed by atoms with E-state index in [0.717, 1.165) is 17.4 Å². The zero-order valence-electron chi connectivity index (χ0n) is 12.4. The molecule has 0 aliphatic carbocycles. The lowest BCUT2D eigenvalue weighted by Gasteiger charge is -1.99. The molecule has 0 bridgehead atoms. The molecule has 3 rings (SSSR count). The maximum absolute atomic E-state index is 11.8. The number of aliphatic hydroxyl groups excluding tert-OH is 1. The zero-order valence-corrected chi connectivity index (χ0v) is 13.2. The number of hydrogen-bond donors (Lipinski definition) is 2. The van der Waals surface area contributed by atoms with Crippen molar-refractivity contribution in [2.75, 3.05) is 0 Å². The maximum atomic E-state index is 11.8. The van der Waals surface area contributed by atoms with Gasteiger partial charge in [-0.15, -0.1) is 21.5 Å². The lowest BCUT2D eigenvalue weighted by atomic mass is 10.1. The molecular weight excluding hydrogens is 312 g/mol. The molecule has 2 heterocycles. The first kappa shape index (κ1) is 15.1. The van der Waals surface area contributed by atoms with Gasteiger partial charge in [0.2, 0.25) is 11.6 Å². The van der Waals surface area contributed by atoms with Crippen LogP contribution in [-0.2, 0) is 6.42 Å². The molecule has 0 aliphatic rings. The van der Waals surface area contributed by atoms with Crippen molar-refractivity contribution < 1.29 is 9.90 Å². The Labute approximate surface area is 136 Å². The average molecular weight is 326 g/mol. The number of rotatable bonds is 5. The smallest absolute Gasteiger partial charge is 0.244 e. The molecule has 23 heavy (non-hydrogen) atoms. The largest absolute Gasteiger partial charge is 0.507 e. The highest BCUT2D eigenvalue weighted by molar-refractivity contribution is 7.10. The summed E-state index contributed by atoms with van der Waals surface area (Å²) in [6, 6.07) is 10.2. The van der Waals surface area contributed by atoms with Gasteiger partial charge in [0.05, 0.1) is 0 Å². The minimum absolute atomic E-state index is 0.0772. The molecule has 2 N–H and O–H groups in total. The highest BCUT2D eigenvalue weighted by atomic mass is 32.1. The highest BCUT2D eigenvalue weighted by Gasteiger charge is 2.11. The van der Waals surface area contributed by atoms with Crippen LogP contribution in [0.4, 0.5) is 0 Å². The monoisotopic (exact) mass is 326 g/mol. The van der Waals surface area contributed by atoms with Gasteiger partial charge in [-0.25, -0.2) is 0 Å². The van der Waals surface area contributed by atoms with E-state index in [1.54, 1.807) is 0 Å². The van der Waals surface area contributed by atoms with Crippen molar-refractivity contribution in [2.24, 2.45) is 0 Å². The normalized spacial score (nSPS) is 11.6. The van der Waals surface area contributed by atoms with Crippen LogP contribution < -0.4 is 0 Å². The number of hydrogen-bond acceptors (Lipinski definition) is 6. The Morgan fingerprint density at radius 3 is 2.83 bits per heavy atom. The third-order valence-electron chi connectivity index (χ3n) is 3.28. The van der Waals surface area contributed by atoms with E-state index in [9.17, 15) is 9.90 Å². The van der Waals surface area contributed by atoms with Crippen LogP contribution in [0.1, 0.15) is 32.2 Å². The molecule has 0 aliphatic heterocycles. The summed E-state index contributed by atoms with van der Waals surface area (Å²) in [6.45, 7) is 2.05. The SMILES string of the molecule is Cc1ccc(Cc2cc(C(O)=CC(=O)c3nn[nH]n3)cs2)cc1. The standard InChI is InChI=1S/C16H14N4O2S/c1-10-2-4-11(5-3-10)6-13-7-12(9-23-13)14(21)8-15(22)16-17-19-20-18-16/h2-5,7-9,21H,6H2,1H3,(H,17,18,19,20). The van der Waals surface area contributed by atoms with Crippen LogP contribution in [0.3, 0.4) is 0 Å². The van der Waals surface area contributed by atoms with Gasteiger partial charge in [-0.1, -0.05) is 29.8 Å². The first-order chi connectivity index (χ1) is 11.1. The molecule has 6 nitrogen and oxygen atoms in total. The second kappa shape index (κ2) is 6.53. The van der Waals surface area contributed by atoms with Gasteiger partial charge < -0.3 is 5.11 Å². The van der Waals surface area contributed by atoms with Crippen LogP contribution in [0.5, 0.6) is 0 Å². The fourth-order valence-corrected chi connectivity index (χ4v) is 2.97. The van der Waals surface area contributed by atoms with Gasteiger partial charge in [-0.3, -0.25) is 4.79 Å². The molecule has 0 fully saturated rings. The van der Waals surface area contributed by atoms with E-state index in [1.807, 2.05) is 11.4 Å². The fourth-order valence-electron chi connectivity index (χ4n) is 2.05. The minimum atomic E-state index is -0.498. The van der Waals surface area contributed by atoms with Crippen LogP contribution >= 0.6 is 11.3 Å². The van der Waals surface area contributed by atoms with E-state index in [4.69, 9.17) is 0 Å². The molecule has 3 aromatic rings. The van der Waals surface area contributed by atoms with E-state index in [1.165, 1.54) is 22.5 Å². The average Bonchev–Trinajstić information content (AvgIpc) is 3.21. The van der Waals surface area contributed by atoms with Crippen molar-refractivity contribution in [3.8, 4) is 0 Å². The summed E-state index contributed by atoms with van der Waals surface area (Å²) < 4.78 is 0. The van der Waals surface area contributed by atoms with E-state index < -0.39 is 5.78 Å². The summed E-state index contributed by atoms with van der Waals surface area (Å²) in [5, 5.41) is 24.6. The Kier molecular flexibility index (Phi) is 4.29. The second-order valence-corrected chi connectivity index (χ2v) is 6.09. The molecule has 0 amide bonds. The molecule has 0 atom stereocenters. The van der Waals surface area contributed by atoms with Gasteiger partial charge in [0.25, 0.3) is 0 Å². The number of ketones is 1. The number of tetrazole rings is 1. The number of thiophene rings is 1. The van der Waals surface area contributed by atoms with E-state index in [0.29, 0.717) is 5.56 Å². The van der Waals surface area contributed by atoms with Crippen LogP contribution in [0, 0.1) is 6.92 Å². The number of nitrogens with zero attached hydrogens (tertiary/aromatic N) is 3. The Hall–Kier alpha value is -2.80. The Balaban J connectivity index is 1.73. The number of aromatic amines is 1. The molecule has 0 saturated heterocycles. The number of aryl methyl sites for hydroxylation is 1. The van der Waals surface area contributed by atoms with E-state index in [-0.39, 0.29) is 11.6 Å². The van der Waals surface area contributed by atoms with Crippen LogP contribution in [-0.4, -0.2) is 31.5 Å². The Morgan fingerprint density at radius 2 is 2.13 bits per heavy atom. The van der Waals surface area contributed by atoms with Gasteiger partial charge >= 0.3 is 0 Å². The summed E-state index contributed by atoms with van der Waals surface area (Å²) in [4.78, 5) is 12.9. The predicted octanol–water partition coefficient (Wildman–Crippen LogP) is 2.94. The summed E-state index contributed by atoms with van der Waals surface area (Å²) in [6.07, 6.45) is 1.89. The van der Waals surface area contributed by atoms with Crippen molar-refractivity contribution in [1.29, 1.82) is 0 Å². The van der Waals surface area contributed by atoms with Gasteiger partial charge in [0.1, 0.15) is 5.76 Å². The number of allylic oxidation sites excluding steroid dienone is 1. The van der Waals surface area contributed by atoms with Crippen LogP contribution in [0.2, 0.25) is 0 Å².